The summed E-state index contributed by atoms with van der Waals surface area (Å²) in [6, 6.07) is 2.72. The fourth-order valence-corrected chi connectivity index (χ4v) is 3.56. The molecule has 1 aliphatic heterocycles. The Kier molecular flexibility index (Phi) is 6.99. The lowest BCUT2D eigenvalue weighted by molar-refractivity contribution is -0.132. The van der Waals surface area contributed by atoms with Crippen molar-refractivity contribution in [3.8, 4) is 0 Å². The number of hydrogen-bond donors (Lipinski definition) is 2. The van der Waals surface area contributed by atoms with E-state index < -0.39 is 30.2 Å². The number of anilines is 2. The molecule has 2 aliphatic rings. The molecule has 2 fully saturated rings. The SMILES string of the molecule is CCN(CC1CC1)[C@H](C(N)=O)C(=O)Nc1ccc(N2CCOCC2=O)c(C(F)F)c1. The maximum atomic E-state index is 13.7. The van der Waals surface area contributed by atoms with Gasteiger partial charge in [0.25, 0.3) is 18.2 Å². The first-order chi connectivity index (χ1) is 14.3. The number of nitrogens with zero attached hydrogens (tertiary/aromatic N) is 2. The van der Waals surface area contributed by atoms with Crippen LogP contribution in [-0.2, 0) is 19.1 Å². The van der Waals surface area contributed by atoms with Gasteiger partial charge in [0.05, 0.1) is 12.3 Å². The van der Waals surface area contributed by atoms with Crippen LogP contribution in [0.5, 0.6) is 0 Å². The second kappa shape index (κ2) is 9.48. The average Bonchev–Trinajstić information content (AvgIpc) is 3.51. The van der Waals surface area contributed by atoms with Crippen LogP contribution in [0.25, 0.3) is 0 Å². The number of rotatable bonds is 9. The number of primary amides is 1. The zero-order valence-electron chi connectivity index (χ0n) is 16.8. The molecule has 1 saturated heterocycles. The molecule has 30 heavy (non-hydrogen) atoms. The van der Waals surface area contributed by atoms with E-state index >= 15 is 0 Å². The summed E-state index contributed by atoms with van der Waals surface area (Å²) in [5.41, 5.74) is 5.26. The van der Waals surface area contributed by atoms with Gasteiger partial charge in [-0.1, -0.05) is 6.92 Å². The molecule has 3 N–H and O–H groups in total. The first-order valence-electron chi connectivity index (χ1n) is 9.96. The molecule has 1 aliphatic carbocycles. The summed E-state index contributed by atoms with van der Waals surface area (Å²) in [6.45, 7) is 3.11. The predicted molar refractivity (Wildman–Crippen MR) is 106 cm³/mol. The van der Waals surface area contributed by atoms with Gasteiger partial charge in [0.15, 0.2) is 6.04 Å². The number of morpholine rings is 1. The molecule has 1 aromatic carbocycles. The van der Waals surface area contributed by atoms with E-state index in [0.29, 0.717) is 19.0 Å². The number of benzene rings is 1. The van der Waals surface area contributed by atoms with E-state index in [1.807, 2.05) is 6.92 Å². The van der Waals surface area contributed by atoms with Crippen molar-refractivity contribution in [3.63, 3.8) is 0 Å². The van der Waals surface area contributed by atoms with Crippen LogP contribution in [-0.4, -0.2) is 61.5 Å². The molecule has 1 aromatic rings. The molecule has 3 amide bonds. The molecule has 0 aromatic heterocycles. The third-order valence-electron chi connectivity index (χ3n) is 5.29. The van der Waals surface area contributed by atoms with Gasteiger partial charge in [-0.2, -0.15) is 0 Å². The number of hydrogen-bond acceptors (Lipinski definition) is 5. The van der Waals surface area contributed by atoms with E-state index in [4.69, 9.17) is 10.5 Å². The smallest absolute Gasteiger partial charge is 0.265 e. The van der Waals surface area contributed by atoms with Crippen molar-refractivity contribution < 1.29 is 27.9 Å². The highest BCUT2D eigenvalue weighted by Crippen LogP contribution is 2.33. The van der Waals surface area contributed by atoms with Crippen molar-refractivity contribution >= 4 is 29.1 Å². The standard InChI is InChI=1S/C20H26F2N4O4/c1-2-25(10-12-3-4-12)17(19(23)28)20(29)24-13-5-6-15(14(9-13)18(21)22)26-7-8-30-11-16(26)27/h5-6,9,12,17-18H,2-4,7-8,10-11H2,1H3,(H2,23,28)(H,24,29)/t17-/m1/s1. The summed E-state index contributed by atoms with van der Waals surface area (Å²) < 4.78 is 32.4. The van der Waals surface area contributed by atoms with Crippen molar-refractivity contribution in [3.05, 3.63) is 23.8 Å². The van der Waals surface area contributed by atoms with E-state index in [0.717, 1.165) is 18.9 Å². The highest BCUT2D eigenvalue weighted by atomic mass is 19.3. The third kappa shape index (κ3) is 5.11. The molecular formula is C20H26F2N4O4. The maximum absolute atomic E-state index is 13.7. The van der Waals surface area contributed by atoms with Crippen LogP contribution in [0, 0.1) is 5.92 Å². The van der Waals surface area contributed by atoms with Crippen LogP contribution >= 0.6 is 0 Å². The fraction of sp³-hybridized carbons (Fsp3) is 0.550. The number of ether oxygens (including phenoxy) is 1. The number of likely N-dealkylation sites (N-methyl/N-ethyl adjacent to an activating group) is 1. The summed E-state index contributed by atoms with van der Waals surface area (Å²) in [5.74, 6) is -1.43. The molecular weight excluding hydrogens is 398 g/mol. The Hall–Kier alpha value is -2.59. The van der Waals surface area contributed by atoms with Crippen LogP contribution in [0.1, 0.15) is 31.8 Å². The van der Waals surface area contributed by atoms with Crippen LogP contribution in [0.2, 0.25) is 0 Å². The molecule has 164 valence electrons. The second-order valence-corrected chi connectivity index (χ2v) is 7.50. The van der Waals surface area contributed by atoms with Gasteiger partial charge in [-0.25, -0.2) is 8.78 Å². The van der Waals surface area contributed by atoms with Crippen LogP contribution < -0.4 is 16.0 Å². The van der Waals surface area contributed by atoms with Gasteiger partial charge in [0.2, 0.25) is 5.91 Å². The van der Waals surface area contributed by atoms with Crippen molar-refractivity contribution in [1.29, 1.82) is 0 Å². The molecule has 0 spiro atoms. The number of halogens is 2. The van der Waals surface area contributed by atoms with Crippen molar-refractivity contribution in [2.75, 3.05) is 43.1 Å². The van der Waals surface area contributed by atoms with Crippen LogP contribution in [0.4, 0.5) is 20.2 Å². The number of carbonyl (C=O) groups is 3. The molecule has 0 bridgehead atoms. The Bertz CT molecular complexity index is 816. The minimum Gasteiger partial charge on any atom is -0.370 e. The quantitative estimate of drug-likeness (QED) is 0.585. The Balaban J connectivity index is 1.80. The number of alkyl halides is 2. The number of nitrogens with two attached hydrogens (primary N) is 1. The van der Waals surface area contributed by atoms with Gasteiger partial charge in [0, 0.05) is 24.3 Å². The second-order valence-electron chi connectivity index (χ2n) is 7.50. The van der Waals surface area contributed by atoms with Crippen molar-refractivity contribution in [2.24, 2.45) is 11.7 Å². The Labute approximate surface area is 173 Å². The van der Waals surface area contributed by atoms with Gasteiger partial charge in [0.1, 0.15) is 6.61 Å². The van der Waals surface area contributed by atoms with E-state index in [1.165, 1.54) is 17.0 Å². The molecule has 10 heteroatoms. The lowest BCUT2D eigenvalue weighted by Crippen LogP contribution is -2.52. The zero-order valence-corrected chi connectivity index (χ0v) is 16.8. The van der Waals surface area contributed by atoms with Crippen molar-refractivity contribution in [2.45, 2.75) is 32.2 Å². The normalized spacial score (nSPS) is 18.0. The van der Waals surface area contributed by atoms with Gasteiger partial charge in [-0.3, -0.25) is 19.3 Å². The molecule has 0 unspecified atom stereocenters. The molecule has 1 atom stereocenters. The Morgan fingerprint density at radius 1 is 1.37 bits per heavy atom. The lowest BCUT2D eigenvalue weighted by Gasteiger charge is -2.29. The zero-order chi connectivity index (χ0) is 21.8. The Morgan fingerprint density at radius 3 is 2.67 bits per heavy atom. The molecule has 0 radical (unpaired) electrons. The van der Waals surface area contributed by atoms with E-state index in [1.54, 1.807) is 4.90 Å². The number of carbonyl (C=O) groups excluding carboxylic acids is 3. The third-order valence-corrected chi connectivity index (χ3v) is 5.29. The van der Waals surface area contributed by atoms with Gasteiger partial charge in [-0.05, 0) is 43.5 Å². The van der Waals surface area contributed by atoms with Gasteiger partial charge < -0.3 is 20.7 Å². The number of amides is 3. The van der Waals surface area contributed by atoms with E-state index in [2.05, 4.69) is 5.32 Å². The maximum Gasteiger partial charge on any atom is 0.265 e. The summed E-state index contributed by atoms with van der Waals surface area (Å²) in [5, 5.41) is 2.53. The van der Waals surface area contributed by atoms with Crippen LogP contribution in [0.15, 0.2) is 18.2 Å². The Morgan fingerprint density at radius 2 is 2.10 bits per heavy atom. The van der Waals surface area contributed by atoms with Crippen molar-refractivity contribution in [1.82, 2.24) is 4.90 Å². The number of nitrogens with one attached hydrogen (secondary N) is 1. The average molecular weight is 424 g/mol. The molecule has 1 heterocycles. The summed E-state index contributed by atoms with van der Waals surface area (Å²) in [6.07, 6.45) is -0.770. The first kappa shape index (κ1) is 22.1. The summed E-state index contributed by atoms with van der Waals surface area (Å²) in [4.78, 5) is 39.7. The van der Waals surface area contributed by atoms with Gasteiger partial charge in [-0.15, -0.1) is 0 Å². The lowest BCUT2D eigenvalue weighted by atomic mass is 10.1. The molecule has 1 saturated carbocycles. The molecule has 3 rings (SSSR count). The largest absolute Gasteiger partial charge is 0.370 e. The monoisotopic (exact) mass is 424 g/mol. The van der Waals surface area contributed by atoms with E-state index in [9.17, 15) is 23.2 Å². The fourth-order valence-electron chi connectivity index (χ4n) is 3.56. The summed E-state index contributed by atoms with van der Waals surface area (Å²) >= 11 is 0. The summed E-state index contributed by atoms with van der Waals surface area (Å²) in [7, 11) is 0. The van der Waals surface area contributed by atoms with Crippen LogP contribution in [0.3, 0.4) is 0 Å². The minimum atomic E-state index is -2.86. The van der Waals surface area contributed by atoms with Gasteiger partial charge >= 0.3 is 0 Å². The minimum absolute atomic E-state index is 0.0756. The highest BCUT2D eigenvalue weighted by Gasteiger charge is 2.34. The van der Waals surface area contributed by atoms with E-state index in [-0.39, 0.29) is 36.7 Å². The topological polar surface area (TPSA) is 105 Å². The first-order valence-corrected chi connectivity index (χ1v) is 9.96. The predicted octanol–water partition coefficient (Wildman–Crippen LogP) is 1.51. The molecule has 8 nitrogen and oxygen atoms in total. The highest BCUT2D eigenvalue weighted by molar-refractivity contribution is 6.09.